The fraction of sp³-hybridized carbons (Fsp3) is 0.286. The number of benzene rings is 1. The van der Waals surface area contributed by atoms with Crippen LogP contribution < -0.4 is 16.2 Å². The van der Waals surface area contributed by atoms with Gasteiger partial charge < -0.3 is 20.6 Å². The van der Waals surface area contributed by atoms with Gasteiger partial charge in [0.2, 0.25) is 5.91 Å². The second-order valence-electron chi connectivity index (χ2n) is 9.48. The molecule has 1 aromatic carbocycles. The Morgan fingerprint density at radius 1 is 1.15 bits per heavy atom. The van der Waals surface area contributed by atoms with E-state index in [-0.39, 0.29) is 24.1 Å². The quantitative estimate of drug-likeness (QED) is 0.266. The number of fused-ring (bicyclic) bond motifs is 2. The molecule has 0 saturated heterocycles. The highest BCUT2D eigenvalue weighted by Gasteiger charge is 2.36. The van der Waals surface area contributed by atoms with Crippen LogP contribution in [0, 0.1) is 17.1 Å². The van der Waals surface area contributed by atoms with E-state index in [0.29, 0.717) is 23.0 Å². The van der Waals surface area contributed by atoms with Crippen LogP contribution in [0.15, 0.2) is 59.3 Å². The van der Waals surface area contributed by atoms with E-state index in [1.807, 2.05) is 0 Å². The molecule has 3 N–H and O–H groups in total. The number of rotatable bonds is 4. The highest BCUT2D eigenvalue weighted by molar-refractivity contribution is 6.31. The third-order valence-electron chi connectivity index (χ3n) is 6.98. The Kier molecular flexibility index (Phi) is 8.62. The molecule has 1 aliphatic rings. The molecule has 3 heterocycles. The van der Waals surface area contributed by atoms with E-state index in [2.05, 4.69) is 15.6 Å². The second-order valence-corrected chi connectivity index (χ2v) is 9.89. The van der Waals surface area contributed by atoms with Gasteiger partial charge >= 0.3 is 6.18 Å². The monoisotopic (exact) mass is 593 g/mol. The molecule has 216 valence electrons. The number of nitrogens with one attached hydrogen (secondary N) is 3. The van der Waals surface area contributed by atoms with E-state index in [0.717, 1.165) is 24.4 Å². The Morgan fingerprint density at radius 3 is 2.51 bits per heavy atom. The maximum absolute atomic E-state index is 15.2. The molecule has 3 aromatic rings. The third-order valence-corrected chi connectivity index (χ3v) is 7.27. The van der Waals surface area contributed by atoms with E-state index in [9.17, 15) is 27.2 Å². The zero-order valence-corrected chi connectivity index (χ0v) is 22.6. The smallest absolute Gasteiger partial charge is 0.386 e. The zero-order valence-electron chi connectivity index (χ0n) is 21.8. The molecule has 2 bridgehead atoms. The predicted octanol–water partition coefficient (Wildman–Crippen LogP) is 5.73. The van der Waals surface area contributed by atoms with Crippen LogP contribution in [-0.2, 0) is 11.0 Å². The van der Waals surface area contributed by atoms with Gasteiger partial charge in [0.25, 0.3) is 5.56 Å². The van der Waals surface area contributed by atoms with Crippen molar-refractivity contribution >= 4 is 29.4 Å². The molecular weight excluding hydrogens is 569 g/mol. The fourth-order valence-electron chi connectivity index (χ4n) is 4.77. The van der Waals surface area contributed by atoms with Crippen molar-refractivity contribution in [3.8, 4) is 11.1 Å². The van der Waals surface area contributed by atoms with Gasteiger partial charge in [-0.05, 0) is 48.7 Å². The lowest BCUT2D eigenvalue weighted by atomic mass is 9.95. The van der Waals surface area contributed by atoms with E-state index >= 15 is 4.39 Å². The highest BCUT2D eigenvalue weighted by atomic mass is 35.5. The standard InChI is InChI=1S/C28H25ClF5N5O2/c1-14-19(30)5-6-22(20-11-16(7-9-37-20)26(36-2)21(13-35)38-27(14)41)39-10-8-15(12-23(39)40)24-17(28(32,33)34)3-4-18(29)25(24)31/h3-4,7-14,19,22,35-36H,5-6H2,1-2H3,(H,38,41)/b26-21+,35-13?. The van der Waals surface area contributed by atoms with Crippen LogP contribution in [0.2, 0.25) is 5.02 Å². The molecule has 3 unspecified atom stereocenters. The summed E-state index contributed by atoms with van der Waals surface area (Å²) in [4.78, 5) is 30.4. The highest BCUT2D eigenvalue weighted by Crippen LogP contribution is 2.40. The minimum Gasteiger partial charge on any atom is -0.386 e. The van der Waals surface area contributed by atoms with Crippen LogP contribution >= 0.6 is 11.6 Å². The Bertz CT molecular complexity index is 1590. The average molecular weight is 594 g/mol. The molecule has 0 fully saturated rings. The number of alkyl halides is 4. The fourth-order valence-corrected chi connectivity index (χ4v) is 4.93. The number of amides is 1. The number of carbonyl (C=O) groups is 1. The normalized spacial score (nSPS) is 21.9. The summed E-state index contributed by atoms with van der Waals surface area (Å²) in [5, 5.41) is 12.7. The van der Waals surface area contributed by atoms with Crippen molar-refractivity contribution < 1.29 is 26.7 Å². The van der Waals surface area contributed by atoms with Gasteiger partial charge in [0.1, 0.15) is 12.0 Å². The van der Waals surface area contributed by atoms with Crippen molar-refractivity contribution in [2.24, 2.45) is 5.92 Å². The van der Waals surface area contributed by atoms with Crippen molar-refractivity contribution in [3.05, 3.63) is 92.5 Å². The van der Waals surface area contributed by atoms with Crippen molar-refractivity contribution in [1.29, 1.82) is 5.41 Å². The van der Waals surface area contributed by atoms with Crippen LogP contribution in [0.5, 0.6) is 0 Å². The van der Waals surface area contributed by atoms with Gasteiger partial charge in [-0.15, -0.1) is 0 Å². The summed E-state index contributed by atoms with van der Waals surface area (Å²) in [5.41, 5.74) is -2.01. The van der Waals surface area contributed by atoms with Gasteiger partial charge in [0.15, 0.2) is 0 Å². The first-order valence-electron chi connectivity index (χ1n) is 12.5. The number of nitrogens with zero attached hydrogens (tertiary/aromatic N) is 2. The first-order chi connectivity index (χ1) is 19.4. The van der Waals surface area contributed by atoms with E-state index in [1.165, 1.54) is 23.9 Å². The van der Waals surface area contributed by atoms with Crippen LogP contribution in [0.25, 0.3) is 16.8 Å². The molecule has 41 heavy (non-hydrogen) atoms. The second kappa shape index (κ2) is 11.8. The summed E-state index contributed by atoms with van der Waals surface area (Å²) in [7, 11) is 1.57. The maximum Gasteiger partial charge on any atom is 0.417 e. The Hall–Kier alpha value is -4.06. The Morgan fingerprint density at radius 2 is 1.88 bits per heavy atom. The van der Waals surface area contributed by atoms with Crippen molar-refractivity contribution in [3.63, 3.8) is 0 Å². The summed E-state index contributed by atoms with van der Waals surface area (Å²) >= 11 is 5.76. The van der Waals surface area contributed by atoms with E-state index in [4.69, 9.17) is 17.0 Å². The molecule has 7 nitrogen and oxygen atoms in total. The third kappa shape index (κ3) is 6.02. The van der Waals surface area contributed by atoms with E-state index < -0.39 is 57.7 Å². The van der Waals surface area contributed by atoms with Crippen LogP contribution in [0.1, 0.15) is 42.6 Å². The average Bonchev–Trinajstić information content (AvgIpc) is 2.93. The van der Waals surface area contributed by atoms with E-state index in [1.54, 1.807) is 19.2 Å². The largest absolute Gasteiger partial charge is 0.417 e. The lowest BCUT2D eigenvalue weighted by molar-refractivity contribution is -0.137. The van der Waals surface area contributed by atoms with Gasteiger partial charge in [-0.3, -0.25) is 14.6 Å². The number of aromatic nitrogens is 2. The topological polar surface area (TPSA) is 99.9 Å². The molecule has 13 heteroatoms. The minimum atomic E-state index is -4.92. The lowest BCUT2D eigenvalue weighted by Crippen LogP contribution is -2.36. The molecule has 0 spiro atoms. The van der Waals surface area contributed by atoms with Crippen LogP contribution in [-0.4, -0.2) is 34.9 Å². The lowest BCUT2D eigenvalue weighted by Gasteiger charge is -2.25. The summed E-state index contributed by atoms with van der Waals surface area (Å²) < 4.78 is 72.2. The van der Waals surface area contributed by atoms with Crippen LogP contribution in [0.4, 0.5) is 22.0 Å². The molecular formula is C28H25ClF5N5O2. The number of halogens is 6. The molecule has 3 atom stereocenters. The number of allylic oxidation sites excluding steroid dienone is 1. The number of hydrogen-bond acceptors (Lipinski definition) is 5. The SMILES string of the molecule is CN/C1=C(\C=N)NC(=O)C(C)C(F)CCC(n2ccc(-c3c(C(F)(F)F)ccc(Cl)c3F)cc2=O)c2cc1ccn2. The predicted molar refractivity (Wildman–Crippen MR) is 145 cm³/mol. The molecule has 2 aromatic heterocycles. The Balaban J connectivity index is 1.88. The van der Waals surface area contributed by atoms with Crippen molar-refractivity contribution in [2.75, 3.05) is 7.05 Å². The summed E-state index contributed by atoms with van der Waals surface area (Å²) in [6.45, 7) is 1.40. The van der Waals surface area contributed by atoms with Gasteiger partial charge in [0, 0.05) is 42.8 Å². The van der Waals surface area contributed by atoms with Gasteiger partial charge in [-0.2, -0.15) is 13.2 Å². The van der Waals surface area contributed by atoms with Gasteiger partial charge in [0.05, 0.1) is 39.6 Å². The number of pyridine rings is 2. The molecule has 4 rings (SSSR count). The maximum atomic E-state index is 15.2. The summed E-state index contributed by atoms with van der Waals surface area (Å²) in [5.74, 6) is -3.05. The number of carbonyl (C=O) groups excluding carboxylic acids is 1. The number of hydrogen-bond donors (Lipinski definition) is 3. The molecule has 1 amide bonds. The van der Waals surface area contributed by atoms with Crippen molar-refractivity contribution in [2.45, 2.75) is 38.2 Å². The van der Waals surface area contributed by atoms with Crippen molar-refractivity contribution in [1.82, 2.24) is 20.2 Å². The molecule has 1 aliphatic heterocycles. The first-order valence-corrected chi connectivity index (χ1v) is 12.9. The Labute approximate surface area is 236 Å². The summed E-state index contributed by atoms with van der Waals surface area (Å²) in [6.07, 6.45) is -3.15. The summed E-state index contributed by atoms with van der Waals surface area (Å²) in [6, 6.07) is 5.77. The first kappa shape index (κ1) is 29.9. The van der Waals surface area contributed by atoms with Crippen LogP contribution in [0.3, 0.4) is 0 Å². The van der Waals surface area contributed by atoms with Gasteiger partial charge in [-0.25, -0.2) is 8.78 Å². The zero-order chi connectivity index (χ0) is 30.1. The molecule has 0 aliphatic carbocycles. The molecule has 0 saturated carbocycles. The van der Waals surface area contributed by atoms with Gasteiger partial charge in [-0.1, -0.05) is 18.5 Å². The minimum absolute atomic E-state index is 0.00382. The molecule has 0 radical (unpaired) electrons.